The standard InChI is InChI=1S/C20H13ClFN3O4S2/c21-16-8-7-14(31(27,28)25-13-5-3-12(22)4-6-13)10-15(16)19(26)24-20-23-17(11-30-20)18-2-1-9-29-18/h1-11,25H,(H,23,24,26). The van der Waals surface area contributed by atoms with Gasteiger partial charge in [0.15, 0.2) is 10.9 Å². The molecule has 0 bridgehead atoms. The normalized spacial score (nSPS) is 11.3. The molecule has 2 aromatic heterocycles. The fraction of sp³-hybridized carbons (Fsp3) is 0. The Labute approximate surface area is 185 Å². The highest BCUT2D eigenvalue weighted by Crippen LogP contribution is 2.27. The summed E-state index contributed by atoms with van der Waals surface area (Å²) in [4.78, 5) is 16.8. The average molecular weight is 478 g/mol. The molecule has 0 fully saturated rings. The number of thiazole rings is 1. The Kier molecular flexibility index (Phi) is 5.77. The van der Waals surface area contributed by atoms with Gasteiger partial charge in [-0.15, -0.1) is 11.3 Å². The highest BCUT2D eigenvalue weighted by molar-refractivity contribution is 7.92. The topological polar surface area (TPSA) is 101 Å². The van der Waals surface area contributed by atoms with Gasteiger partial charge in [0.1, 0.15) is 11.5 Å². The number of carbonyl (C=O) groups excluding carboxylic acids is 1. The molecule has 2 N–H and O–H groups in total. The lowest BCUT2D eigenvalue weighted by molar-refractivity contribution is 0.102. The van der Waals surface area contributed by atoms with E-state index in [1.165, 1.54) is 41.9 Å². The van der Waals surface area contributed by atoms with Gasteiger partial charge in [0.25, 0.3) is 15.9 Å². The monoisotopic (exact) mass is 477 g/mol. The Morgan fingerprint density at radius 3 is 2.61 bits per heavy atom. The van der Waals surface area contributed by atoms with Gasteiger partial charge in [0, 0.05) is 11.1 Å². The fourth-order valence-electron chi connectivity index (χ4n) is 2.61. The van der Waals surface area contributed by atoms with Crippen LogP contribution in [0.4, 0.5) is 15.2 Å². The van der Waals surface area contributed by atoms with Crippen LogP contribution < -0.4 is 10.0 Å². The number of benzene rings is 2. The maximum absolute atomic E-state index is 13.0. The van der Waals surface area contributed by atoms with Crippen LogP contribution in [-0.2, 0) is 10.0 Å². The van der Waals surface area contributed by atoms with Crippen molar-refractivity contribution in [2.75, 3.05) is 10.0 Å². The van der Waals surface area contributed by atoms with Gasteiger partial charge in [-0.25, -0.2) is 17.8 Å². The van der Waals surface area contributed by atoms with Crippen molar-refractivity contribution in [1.29, 1.82) is 0 Å². The number of carbonyl (C=O) groups is 1. The van der Waals surface area contributed by atoms with Gasteiger partial charge in [-0.1, -0.05) is 11.6 Å². The predicted molar refractivity (Wildman–Crippen MR) is 116 cm³/mol. The minimum absolute atomic E-state index is 0.0432. The second kappa shape index (κ2) is 8.50. The lowest BCUT2D eigenvalue weighted by Gasteiger charge is -2.10. The minimum atomic E-state index is -4.03. The number of anilines is 2. The number of nitrogens with one attached hydrogen (secondary N) is 2. The smallest absolute Gasteiger partial charge is 0.261 e. The van der Waals surface area contributed by atoms with E-state index in [2.05, 4.69) is 15.0 Å². The number of nitrogens with zero attached hydrogens (tertiary/aromatic N) is 1. The van der Waals surface area contributed by atoms with Gasteiger partial charge in [-0.2, -0.15) is 0 Å². The predicted octanol–water partition coefficient (Wildman–Crippen LogP) is 5.25. The minimum Gasteiger partial charge on any atom is -0.463 e. The van der Waals surface area contributed by atoms with Crippen molar-refractivity contribution >= 4 is 49.7 Å². The van der Waals surface area contributed by atoms with Crippen LogP contribution in [-0.4, -0.2) is 19.3 Å². The maximum atomic E-state index is 13.0. The molecule has 0 unspecified atom stereocenters. The number of hydrogen-bond donors (Lipinski definition) is 2. The molecule has 0 radical (unpaired) electrons. The Morgan fingerprint density at radius 2 is 1.90 bits per heavy atom. The molecule has 0 atom stereocenters. The number of furan rings is 1. The van der Waals surface area contributed by atoms with E-state index in [9.17, 15) is 17.6 Å². The van der Waals surface area contributed by atoms with Crippen LogP contribution in [0, 0.1) is 5.82 Å². The SMILES string of the molecule is O=C(Nc1nc(-c2ccco2)cs1)c1cc(S(=O)(=O)Nc2ccc(F)cc2)ccc1Cl. The van der Waals surface area contributed by atoms with Crippen LogP contribution in [0.15, 0.2) is 75.6 Å². The summed E-state index contributed by atoms with van der Waals surface area (Å²) in [7, 11) is -4.03. The molecule has 158 valence electrons. The summed E-state index contributed by atoms with van der Waals surface area (Å²) in [6.45, 7) is 0. The molecule has 0 saturated carbocycles. The molecular weight excluding hydrogens is 465 g/mol. The van der Waals surface area contributed by atoms with Crippen molar-refractivity contribution < 1.29 is 22.0 Å². The van der Waals surface area contributed by atoms with E-state index in [0.29, 0.717) is 16.6 Å². The van der Waals surface area contributed by atoms with Gasteiger partial charge in [0.05, 0.1) is 21.7 Å². The van der Waals surface area contributed by atoms with Crippen molar-refractivity contribution in [3.05, 3.63) is 82.6 Å². The van der Waals surface area contributed by atoms with Crippen LogP contribution in [0.2, 0.25) is 5.02 Å². The molecule has 0 saturated heterocycles. The van der Waals surface area contributed by atoms with Crippen molar-refractivity contribution in [2.24, 2.45) is 0 Å². The van der Waals surface area contributed by atoms with Gasteiger partial charge in [-0.3, -0.25) is 14.8 Å². The second-order valence-corrected chi connectivity index (χ2v) is 9.17. The highest BCUT2D eigenvalue weighted by atomic mass is 35.5. The summed E-state index contributed by atoms with van der Waals surface area (Å²) >= 11 is 7.30. The summed E-state index contributed by atoms with van der Waals surface area (Å²) in [5, 5.41) is 4.68. The summed E-state index contributed by atoms with van der Waals surface area (Å²) in [5.74, 6) is -0.565. The van der Waals surface area contributed by atoms with Crippen LogP contribution in [0.25, 0.3) is 11.5 Å². The molecular formula is C20H13ClFN3O4S2. The van der Waals surface area contributed by atoms with Gasteiger partial charge in [0.2, 0.25) is 0 Å². The molecule has 0 aliphatic heterocycles. The van der Waals surface area contributed by atoms with E-state index < -0.39 is 21.7 Å². The molecule has 31 heavy (non-hydrogen) atoms. The van der Waals surface area contributed by atoms with Crippen LogP contribution in [0.1, 0.15) is 10.4 Å². The zero-order valence-electron chi connectivity index (χ0n) is 15.5. The molecule has 11 heteroatoms. The third-order valence-electron chi connectivity index (χ3n) is 4.09. The van der Waals surface area contributed by atoms with E-state index in [-0.39, 0.29) is 21.2 Å². The summed E-state index contributed by atoms with van der Waals surface area (Å²) in [5.41, 5.74) is 0.685. The molecule has 4 aromatic rings. The average Bonchev–Trinajstić information content (AvgIpc) is 3.41. The first kappa shape index (κ1) is 21.0. The Morgan fingerprint density at radius 1 is 1.13 bits per heavy atom. The van der Waals surface area contributed by atoms with Crippen LogP contribution in [0.5, 0.6) is 0 Å². The number of hydrogen-bond acceptors (Lipinski definition) is 6. The zero-order valence-corrected chi connectivity index (χ0v) is 17.9. The van der Waals surface area contributed by atoms with Gasteiger partial charge >= 0.3 is 0 Å². The molecule has 7 nitrogen and oxygen atoms in total. The molecule has 0 spiro atoms. The van der Waals surface area contributed by atoms with E-state index >= 15 is 0 Å². The van der Waals surface area contributed by atoms with Crippen LogP contribution >= 0.6 is 22.9 Å². The largest absolute Gasteiger partial charge is 0.463 e. The summed E-state index contributed by atoms with van der Waals surface area (Å²) in [6.07, 6.45) is 1.51. The van der Waals surface area contributed by atoms with E-state index in [1.54, 1.807) is 17.5 Å². The fourth-order valence-corrected chi connectivity index (χ4v) is 4.59. The molecule has 1 amide bonds. The Balaban J connectivity index is 1.55. The summed E-state index contributed by atoms with van der Waals surface area (Å²) in [6, 6.07) is 12.0. The first-order chi connectivity index (χ1) is 14.8. The third-order valence-corrected chi connectivity index (χ3v) is 6.55. The molecule has 4 rings (SSSR count). The Bertz CT molecular complexity index is 1340. The zero-order chi connectivity index (χ0) is 22.0. The van der Waals surface area contributed by atoms with Crippen molar-refractivity contribution in [1.82, 2.24) is 4.98 Å². The lowest BCUT2D eigenvalue weighted by atomic mass is 10.2. The molecule has 0 aliphatic carbocycles. The van der Waals surface area contributed by atoms with E-state index in [4.69, 9.17) is 16.0 Å². The van der Waals surface area contributed by atoms with E-state index in [1.807, 2.05) is 0 Å². The molecule has 2 aromatic carbocycles. The van der Waals surface area contributed by atoms with Crippen molar-refractivity contribution in [3.63, 3.8) is 0 Å². The van der Waals surface area contributed by atoms with Crippen molar-refractivity contribution in [2.45, 2.75) is 4.90 Å². The number of halogens is 2. The summed E-state index contributed by atoms with van der Waals surface area (Å²) < 4.78 is 46.0. The lowest BCUT2D eigenvalue weighted by Crippen LogP contribution is -2.16. The third kappa shape index (κ3) is 4.76. The van der Waals surface area contributed by atoms with Crippen LogP contribution in [0.3, 0.4) is 0 Å². The number of aromatic nitrogens is 1. The number of sulfonamides is 1. The van der Waals surface area contributed by atoms with Gasteiger partial charge < -0.3 is 4.42 Å². The highest BCUT2D eigenvalue weighted by Gasteiger charge is 2.20. The number of rotatable bonds is 6. The quantitative estimate of drug-likeness (QED) is 0.395. The second-order valence-electron chi connectivity index (χ2n) is 6.22. The molecule has 0 aliphatic rings. The molecule has 2 heterocycles. The van der Waals surface area contributed by atoms with Crippen molar-refractivity contribution in [3.8, 4) is 11.5 Å². The first-order valence-electron chi connectivity index (χ1n) is 8.70. The Hall–Kier alpha value is -3.21. The number of amides is 1. The van der Waals surface area contributed by atoms with E-state index in [0.717, 1.165) is 18.2 Å². The maximum Gasteiger partial charge on any atom is 0.261 e. The first-order valence-corrected chi connectivity index (χ1v) is 11.4. The van der Waals surface area contributed by atoms with Gasteiger partial charge in [-0.05, 0) is 54.6 Å².